The van der Waals surface area contributed by atoms with E-state index < -0.39 is 0 Å². The van der Waals surface area contributed by atoms with Gasteiger partial charge in [-0.3, -0.25) is 14.5 Å². The number of hydrogen-bond acceptors (Lipinski definition) is 5. The van der Waals surface area contributed by atoms with Gasteiger partial charge in [0.25, 0.3) is 0 Å². The van der Waals surface area contributed by atoms with Crippen LogP contribution in [0.3, 0.4) is 0 Å². The molecule has 0 bridgehead atoms. The first-order valence-corrected chi connectivity index (χ1v) is 8.11. The highest BCUT2D eigenvalue weighted by molar-refractivity contribution is 5.78. The Balaban J connectivity index is 1.67. The van der Waals surface area contributed by atoms with E-state index in [0.29, 0.717) is 5.92 Å². The van der Waals surface area contributed by atoms with Gasteiger partial charge in [-0.15, -0.1) is 0 Å². The Morgan fingerprint density at radius 2 is 1.59 bits per heavy atom. The zero-order valence-electron chi connectivity index (χ0n) is 13.5. The van der Waals surface area contributed by atoms with Gasteiger partial charge < -0.3 is 20.3 Å². The van der Waals surface area contributed by atoms with Crippen LogP contribution in [-0.4, -0.2) is 92.6 Å². The largest absolute Gasteiger partial charge is 0.375 e. The molecule has 2 saturated heterocycles. The second-order valence-electron chi connectivity index (χ2n) is 6.14. The Bertz CT molecular complexity index is 375. The number of nitrogens with two attached hydrogens (primary N) is 1. The van der Waals surface area contributed by atoms with Gasteiger partial charge in [0.2, 0.25) is 11.8 Å². The first-order valence-electron chi connectivity index (χ1n) is 8.11. The molecule has 0 spiro atoms. The standard InChI is InChI=1S/C15H28N4O3/c1-22-12-15(21)19-8-6-17(7-9-19)11-13-2-4-18(5-3-13)14(20)10-16/h13H,2-12,16H2,1H3. The third-order valence-corrected chi connectivity index (χ3v) is 4.65. The summed E-state index contributed by atoms with van der Waals surface area (Å²) >= 11 is 0. The van der Waals surface area contributed by atoms with Crippen LogP contribution in [0, 0.1) is 5.92 Å². The maximum absolute atomic E-state index is 11.8. The lowest BCUT2D eigenvalue weighted by atomic mass is 9.96. The summed E-state index contributed by atoms with van der Waals surface area (Å²) in [5, 5.41) is 0. The molecule has 0 unspecified atom stereocenters. The van der Waals surface area contributed by atoms with Crippen molar-refractivity contribution in [3.63, 3.8) is 0 Å². The fraction of sp³-hybridized carbons (Fsp3) is 0.867. The topological polar surface area (TPSA) is 79.1 Å². The van der Waals surface area contributed by atoms with E-state index in [9.17, 15) is 9.59 Å². The minimum absolute atomic E-state index is 0.0590. The lowest BCUT2D eigenvalue weighted by molar-refractivity contribution is -0.137. The average molecular weight is 312 g/mol. The predicted molar refractivity (Wildman–Crippen MR) is 83.3 cm³/mol. The van der Waals surface area contributed by atoms with Gasteiger partial charge in [0, 0.05) is 52.9 Å². The van der Waals surface area contributed by atoms with Crippen LogP contribution in [0.1, 0.15) is 12.8 Å². The molecule has 0 radical (unpaired) electrons. The fourth-order valence-electron chi connectivity index (χ4n) is 3.25. The summed E-state index contributed by atoms with van der Waals surface area (Å²) in [6, 6.07) is 0. The first kappa shape index (κ1) is 17.2. The van der Waals surface area contributed by atoms with E-state index in [4.69, 9.17) is 10.5 Å². The van der Waals surface area contributed by atoms with Gasteiger partial charge in [-0.1, -0.05) is 0 Å². The first-order chi connectivity index (χ1) is 10.6. The van der Waals surface area contributed by atoms with E-state index in [1.807, 2.05) is 9.80 Å². The molecule has 0 atom stereocenters. The summed E-state index contributed by atoms with van der Waals surface area (Å²) in [5.41, 5.74) is 5.41. The second-order valence-corrected chi connectivity index (χ2v) is 6.14. The van der Waals surface area contributed by atoms with Crippen molar-refractivity contribution in [2.45, 2.75) is 12.8 Å². The molecule has 2 heterocycles. The predicted octanol–water partition coefficient (Wildman–Crippen LogP) is -1.03. The lowest BCUT2D eigenvalue weighted by Gasteiger charge is -2.38. The molecule has 2 aliphatic rings. The molecule has 22 heavy (non-hydrogen) atoms. The van der Waals surface area contributed by atoms with Crippen molar-refractivity contribution in [2.75, 3.05) is 66.1 Å². The highest BCUT2D eigenvalue weighted by Gasteiger charge is 2.26. The van der Waals surface area contributed by atoms with Gasteiger partial charge in [-0.2, -0.15) is 0 Å². The monoisotopic (exact) mass is 312 g/mol. The van der Waals surface area contributed by atoms with Crippen LogP contribution in [0.15, 0.2) is 0 Å². The smallest absolute Gasteiger partial charge is 0.248 e. The SMILES string of the molecule is COCC(=O)N1CCN(CC2CCN(C(=O)CN)CC2)CC1. The highest BCUT2D eigenvalue weighted by Crippen LogP contribution is 2.19. The van der Waals surface area contributed by atoms with Crippen LogP contribution < -0.4 is 5.73 Å². The van der Waals surface area contributed by atoms with Crippen LogP contribution in [0.25, 0.3) is 0 Å². The minimum atomic E-state index is 0.0590. The Labute approximate surface area is 132 Å². The molecule has 0 aromatic carbocycles. The van der Waals surface area contributed by atoms with Crippen LogP contribution >= 0.6 is 0 Å². The van der Waals surface area contributed by atoms with E-state index in [-0.39, 0.29) is 25.0 Å². The number of carbonyl (C=O) groups is 2. The Hall–Kier alpha value is -1.18. The highest BCUT2D eigenvalue weighted by atomic mass is 16.5. The molecule has 0 aliphatic carbocycles. The molecule has 126 valence electrons. The van der Waals surface area contributed by atoms with Crippen molar-refractivity contribution in [1.29, 1.82) is 0 Å². The third-order valence-electron chi connectivity index (χ3n) is 4.65. The van der Waals surface area contributed by atoms with Crippen molar-refractivity contribution in [2.24, 2.45) is 11.7 Å². The quantitative estimate of drug-likeness (QED) is 0.702. The Morgan fingerprint density at radius 3 is 2.14 bits per heavy atom. The van der Waals surface area contributed by atoms with Gasteiger partial charge in [0.15, 0.2) is 0 Å². The molecule has 2 amide bonds. The van der Waals surface area contributed by atoms with Crippen molar-refractivity contribution in [1.82, 2.24) is 14.7 Å². The minimum Gasteiger partial charge on any atom is -0.375 e. The van der Waals surface area contributed by atoms with E-state index >= 15 is 0 Å². The number of piperazine rings is 1. The van der Waals surface area contributed by atoms with Crippen molar-refractivity contribution < 1.29 is 14.3 Å². The lowest BCUT2D eigenvalue weighted by Crippen LogP contribution is -2.51. The van der Waals surface area contributed by atoms with Crippen LogP contribution in [0.5, 0.6) is 0 Å². The Morgan fingerprint density at radius 1 is 1.00 bits per heavy atom. The number of methoxy groups -OCH3 is 1. The number of hydrogen-bond donors (Lipinski definition) is 1. The molecular weight excluding hydrogens is 284 g/mol. The van der Waals surface area contributed by atoms with Crippen LogP contribution in [-0.2, 0) is 14.3 Å². The zero-order valence-corrected chi connectivity index (χ0v) is 13.5. The van der Waals surface area contributed by atoms with Crippen LogP contribution in [0.2, 0.25) is 0 Å². The summed E-state index contributed by atoms with van der Waals surface area (Å²) in [6.07, 6.45) is 2.10. The Kier molecular flexibility index (Phi) is 6.60. The number of nitrogens with zero attached hydrogens (tertiary/aromatic N) is 3. The molecule has 2 N–H and O–H groups in total. The second kappa shape index (κ2) is 8.45. The zero-order chi connectivity index (χ0) is 15.9. The number of ether oxygens (including phenoxy) is 1. The van der Waals surface area contributed by atoms with Crippen molar-refractivity contribution >= 4 is 11.8 Å². The summed E-state index contributed by atoms with van der Waals surface area (Å²) in [6.45, 7) is 6.43. The number of piperidine rings is 1. The van der Waals surface area contributed by atoms with Crippen LogP contribution in [0.4, 0.5) is 0 Å². The van der Waals surface area contributed by atoms with Gasteiger partial charge in [0.05, 0.1) is 6.54 Å². The maximum Gasteiger partial charge on any atom is 0.248 e. The fourth-order valence-corrected chi connectivity index (χ4v) is 3.25. The molecule has 0 aromatic rings. The molecule has 2 aliphatic heterocycles. The summed E-state index contributed by atoms with van der Waals surface area (Å²) < 4.78 is 4.90. The summed E-state index contributed by atoms with van der Waals surface area (Å²) in [4.78, 5) is 29.5. The molecule has 7 heteroatoms. The number of rotatable bonds is 5. The molecular formula is C15H28N4O3. The van der Waals surface area contributed by atoms with E-state index in [0.717, 1.165) is 58.7 Å². The van der Waals surface area contributed by atoms with Crippen molar-refractivity contribution in [3.05, 3.63) is 0 Å². The number of likely N-dealkylation sites (tertiary alicyclic amines) is 1. The average Bonchev–Trinajstić information content (AvgIpc) is 2.55. The maximum atomic E-state index is 11.8. The normalized spacial score (nSPS) is 21.2. The van der Waals surface area contributed by atoms with Gasteiger partial charge >= 0.3 is 0 Å². The molecule has 7 nitrogen and oxygen atoms in total. The van der Waals surface area contributed by atoms with E-state index in [2.05, 4.69) is 4.90 Å². The number of amides is 2. The van der Waals surface area contributed by atoms with E-state index in [1.165, 1.54) is 0 Å². The molecule has 2 fully saturated rings. The molecule has 2 rings (SSSR count). The van der Waals surface area contributed by atoms with Gasteiger partial charge in [-0.25, -0.2) is 0 Å². The van der Waals surface area contributed by atoms with E-state index in [1.54, 1.807) is 7.11 Å². The summed E-state index contributed by atoms with van der Waals surface area (Å²) in [5.74, 6) is 0.780. The summed E-state index contributed by atoms with van der Waals surface area (Å²) in [7, 11) is 1.55. The molecule has 0 aromatic heterocycles. The van der Waals surface area contributed by atoms with Gasteiger partial charge in [0.1, 0.15) is 6.61 Å². The molecule has 0 saturated carbocycles. The number of carbonyl (C=O) groups excluding carboxylic acids is 2. The third kappa shape index (κ3) is 4.66. The van der Waals surface area contributed by atoms with Crippen molar-refractivity contribution in [3.8, 4) is 0 Å². The van der Waals surface area contributed by atoms with Gasteiger partial charge in [-0.05, 0) is 18.8 Å².